The van der Waals surface area contributed by atoms with Crippen molar-refractivity contribution in [1.82, 2.24) is 5.32 Å². The molecule has 0 aliphatic rings. The Bertz CT molecular complexity index is 514. The summed E-state index contributed by atoms with van der Waals surface area (Å²) in [5.74, 6) is 0.344. The summed E-state index contributed by atoms with van der Waals surface area (Å²) in [7, 11) is 1.49. The van der Waals surface area contributed by atoms with Crippen LogP contribution in [0.2, 0.25) is 0 Å². The monoisotopic (exact) mass is 294 g/mol. The van der Waals surface area contributed by atoms with Crippen molar-refractivity contribution in [3.63, 3.8) is 0 Å². The lowest BCUT2D eigenvalue weighted by atomic mass is 10.0. The number of carbonyl (C=O) groups excluding carboxylic acids is 2. The summed E-state index contributed by atoms with van der Waals surface area (Å²) in [5.41, 5.74) is 1.52. The van der Waals surface area contributed by atoms with E-state index in [0.717, 1.165) is 5.56 Å². The van der Waals surface area contributed by atoms with Gasteiger partial charge in [-0.05, 0) is 36.6 Å². The van der Waals surface area contributed by atoms with Gasteiger partial charge in [-0.25, -0.2) is 4.79 Å². The molecular weight excluding hydrogens is 272 g/mol. The van der Waals surface area contributed by atoms with Gasteiger partial charge in [-0.2, -0.15) is 5.06 Å². The Hall–Kier alpha value is -2.08. The van der Waals surface area contributed by atoms with Gasteiger partial charge >= 0.3 is 6.09 Å². The number of amides is 2. The SMILES string of the molecule is CCON(C(C)=O)c1ccc(OC(=O)NC)cc1C(C)C. The number of benzene rings is 1. The van der Waals surface area contributed by atoms with Crippen LogP contribution in [-0.4, -0.2) is 25.7 Å². The summed E-state index contributed by atoms with van der Waals surface area (Å²) < 4.78 is 5.12. The van der Waals surface area contributed by atoms with Crippen molar-refractivity contribution >= 4 is 17.7 Å². The molecule has 0 radical (unpaired) electrons. The first-order chi connectivity index (χ1) is 9.90. The smallest absolute Gasteiger partial charge is 0.410 e. The summed E-state index contributed by atoms with van der Waals surface area (Å²) >= 11 is 0. The van der Waals surface area contributed by atoms with E-state index in [0.29, 0.717) is 18.0 Å². The van der Waals surface area contributed by atoms with Crippen LogP contribution in [0.15, 0.2) is 18.2 Å². The van der Waals surface area contributed by atoms with Crippen molar-refractivity contribution in [2.24, 2.45) is 0 Å². The van der Waals surface area contributed by atoms with Gasteiger partial charge in [0.05, 0.1) is 12.3 Å². The molecule has 0 aromatic heterocycles. The number of anilines is 1. The Balaban J connectivity index is 3.20. The largest absolute Gasteiger partial charge is 0.412 e. The third-order valence-electron chi connectivity index (χ3n) is 2.80. The molecule has 0 aliphatic heterocycles. The Morgan fingerprint density at radius 3 is 2.48 bits per heavy atom. The van der Waals surface area contributed by atoms with E-state index >= 15 is 0 Å². The number of rotatable bonds is 5. The summed E-state index contributed by atoms with van der Waals surface area (Å²) in [6, 6.07) is 5.08. The van der Waals surface area contributed by atoms with Gasteiger partial charge in [0.15, 0.2) is 0 Å². The van der Waals surface area contributed by atoms with E-state index < -0.39 is 6.09 Å². The minimum Gasteiger partial charge on any atom is -0.410 e. The Kier molecular flexibility index (Phi) is 6.17. The van der Waals surface area contributed by atoms with Crippen molar-refractivity contribution in [2.45, 2.75) is 33.6 Å². The van der Waals surface area contributed by atoms with Crippen molar-refractivity contribution in [1.29, 1.82) is 0 Å². The lowest BCUT2D eigenvalue weighted by Gasteiger charge is -2.24. The zero-order chi connectivity index (χ0) is 16.0. The van der Waals surface area contributed by atoms with Gasteiger partial charge in [-0.15, -0.1) is 0 Å². The molecule has 1 aromatic rings. The van der Waals surface area contributed by atoms with Gasteiger partial charge in [0.25, 0.3) is 0 Å². The Morgan fingerprint density at radius 2 is 2.00 bits per heavy atom. The zero-order valence-electron chi connectivity index (χ0n) is 13.1. The van der Waals surface area contributed by atoms with Crippen molar-refractivity contribution < 1.29 is 19.2 Å². The van der Waals surface area contributed by atoms with E-state index in [9.17, 15) is 9.59 Å². The van der Waals surface area contributed by atoms with Crippen molar-refractivity contribution in [3.05, 3.63) is 23.8 Å². The fraction of sp³-hybridized carbons (Fsp3) is 0.467. The number of nitrogens with one attached hydrogen (secondary N) is 1. The maximum Gasteiger partial charge on any atom is 0.412 e. The van der Waals surface area contributed by atoms with Crippen LogP contribution in [-0.2, 0) is 9.63 Å². The molecule has 0 spiro atoms. The van der Waals surface area contributed by atoms with E-state index in [1.807, 2.05) is 20.8 Å². The Morgan fingerprint density at radius 1 is 1.33 bits per heavy atom. The van der Waals surface area contributed by atoms with E-state index in [-0.39, 0.29) is 11.8 Å². The lowest BCUT2D eigenvalue weighted by Crippen LogP contribution is -2.30. The standard InChI is InChI=1S/C15H22N2O4/c1-6-20-17(11(4)18)14-8-7-12(21-15(19)16-5)9-13(14)10(2)3/h7-10H,6H2,1-5H3,(H,16,19). The maximum atomic E-state index is 11.7. The Labute approximate surface area is 125 Å². The number of ether oxygens (including phenoxy) is 1. The zero-order valence-corrected chi connectivity index (χ0v) is 13.1. The number of carbonyl (C=O) groups is 2. The summed E-state index contributed by atoms with van der Waals surface area (Å²) in [6.45, 7) is 7.62. The minimum atomic E-state index is -0.536. The van der Waals surface area contributed by atoms with Gasteiger partial charge < -0.3 is 10.1 Å². The van der Waals surface area contributed by atoms with Crippen LogP contribution in [0.1, 0.15) is 39.2 Å². The molecule has 6 nitrogen and oxygen atoms in total. The number of hydroxylamine groups is 1. The molecule has 6 heteroatoms. The molecule has 1 rings (SSSR count). The molecule has 1 aromatic carbocycles. The predicted octanol–water partition coefficient (Wildman–Crippen LogP) is 2.83. The second kappa shape index (κ2) is 7.64. The average molecular weight is 294 g/mol. The van der Waals surface area contributed by atoms with Crippen LogP contribution < -0.4 is 15.1 Å². The highest BCUT2D eigenvalue weighted by Gasteiger charge is 2.19. The van der Waals surface area contributed by atoms with Crippen molar-refractivity contribution in [2.75, 3.05) is 18.7 Å². The van der Waals surface area contributed by atoms with Crippen LogP contribution in [0.5, 0.6) is 5.75 Å². The van der Waals surface area contributed by atoms with Gasteiger partial charge in [-0.1, -0.05) is 13.8 Å². The first-order valence-electron chi connectivity index (χ1n) is 6.87. The maximum absolute atomic E-state index is 11.7. The summed E-state index contributed by atoms with van der Waals surface area (Å²) in [6.07, 6.45) is -0.536. The number of hydrogen-bond acceptors (Lipinski definition) is 4. The fourth-order valence-corrected chi connectivity index (χ4v) is 1.86. The molecule has 116 valence electrons. The van der Waals surface area contributed by atoms with Crippen molar-refractivity contribution in [3.8, 4) is 5.75 Å². The predicted molar refractivity (Wildman–Crippen MR) is 80.4 cm³/mol. The van der Waals surface area contributed by atoms with Gasteiger partial charge in [-0.3, -0.25) is 9.63 Å². The first-order valence-corrected chi connectivity index (χ1v) is 6.87. The molecule has 21 heavy (non-hydrogen) atoms. The third kappa shape index (κ3) is 4.46. The quantitative estimate of drug-likeness (QED) is 0.848. The third-order valence-corrected chi connectivity index (χ3v) is 2.80. The van der Waals surface area contributed by atoms with Crippen LogP contribution in [0, 0.1) is 0 Å². The fourth-order valence-electron chi connectivity index (χ4n) is 1.86. The summed E-state index contributed by atoms with van der Waals surface area (Å²) in [4.78, 5) is 28.4. The molecular formula is C15H22N2O4. The lowest BCUT2D eigenvalue weighted by molar-refractivity contribution is -0.123. The van der Waals surface area contributed by atoms with Crippen LogP contribution in [0.4, 0.5) is 10.5 Å². The normalized spacial score (nSPS) is 10.4. The first kappa shape index (κ1) is 17.0. The van der Waals surface area contributed by atoms with Gasteiger partial charge in [0.2, 0.25) is 5.91 Å². The van der Waals surface area contributed by atoms with E-state index in [1.165, 1.54) is 19.0 Å². The molecule has 2 amide bonds. The second-order valence-electron chi connectivity index (χ2n) is 4.75. The van der Waals surface area contributed by atoms with Gasteiger partial charge in [0.1, 0.15) is 5.75 Å². The highest BCUT2D eigenvalue weighted by molar-refractivity contribution is 5.90. The van der Waals surface area contributed by atoms with Gasteiger partial charge in [0, 0.05) is 14.0 Å². The molecule has 0 saturated heterocycles. The average Bonchev–Trinajstić information content (AvgIpc) is 2.44. The molecule has 1 N–H and O–H groups in total. The molecule has 0 aliphatic carbocycles. The molecule has 0 bridgehead atoms. The molecule has 0 heterocycles. The second-order valence-corrected chi connectivity index (χ2v) is 4.75. The van der Waals surface area contributed by atoms with Crippen LogP contribution in [0.3, 0.4) is 0 Å². The van der Waals surface area contributed by atoms with Crippen LogP contribution >= 0.6 is 0 Å². The highest BCUT2D eigenvalue weighted by atomic mass is 16.7. The van der Waals surface area contributed by atoms with E-state index in [2.05, 4.69) is 5.32 Å². The van der Waals surface area contributed by atoms with E-state index in [1.54, 1.807) is 18.2 Å². The topological polar surface area (TPSA) is 67.9 Å². The molecule has 0 saturated carbocycles. The number of nitrogens with zero attached hydrogens (tertiary/aromatic N) is 1. The summed E-state index contributed by atoms with van der Waals surface area (Å²) in [5, 5.41) is 3.65. The number of hydrogen-bond donors (Lipinski definition) is 1. The molecule has 0 unspecified atom stereocenters. The van der Waals surface area contributed by atoms with Crippen LogP contribution in [0.25, 0.3) is 0 Å². The molecule has 0 atom stereocenters. The molecule has 0 fully saturated rings. The van der Waals surface area contributed by atoms with E-state index in [4.69, 9.17) is 9.57 Å². The minimum absolute atomic E-state index is 0.135. The highest BCUT2D eigenvalue weighted by Crippen LogP contribution is 2.31.